The van der Waals surface area contributed by atoms with Crippen LogP contribution < -0.4 is 15.4 Å². The summed E-state index contributed by atoms with van der Waals surface area (Å²) in [6, 6.07) is 6.63. The summed E-state index contributed by atoms with van der Waals surface area (Å²) in [5, 5.41) is 9.66. The first-order valence-electron chi connectivity index (χ1n) is 13.7. The average Bonchev–Trinajstić information content (AvgIpc) is 3.38. The number of esters is 1. The van der Waals surface area contributed by atoms with Gasteiger partial charge in [-0.25, -0.2) is 13.9 Å². The second-order valence-corrected chi connectivity index (χ2v) is 11.3. The minimum absolute atomic E-state index is 0.0135. The first kappa shape index (κ1) is 26.9. The highest BCUT2D eigenvalue weighted by molar-refractivity contribution is 5.98. The van der Waals surface area contributed by atoms with Crippen molar-refractivity contribution < 1.29 is 33.0 Å². The van der Waals surface area contributed by atoms with Crippen molar-refractivity contribution in [3.8, 4) is 5.75 Å². The van der Waals surface area contributed by atoms with Gasteiger partial charge < -0.3 is 20.1 Å². The van der Waals surface area contributed by atoms with E-state index in [9.17, 15) is 23.6 Å². The second-order valence-electron chi connectivity index (χ2n) is 11.3. The van der Waals surface area contributed by atoms with Crippen molar-refractivity contribution in [3.05, 3.63) is 58.8 Å². The quantitative estimate of drug-likeness (QED) is 0.418. The number of hydrogen-bond acceptors (Lipinski definition) is 8. The first-order chi connectivity index (χ1) is 19.7. The van der Waals surface area contributed by atoms with Crippen molar-refractivity contribution in [2.24, 2.45) is 10.8 Å². The molecule has 0 spiro atoms. The van der Waals surface area contributed by atoms with E-state index < -0.39 is 23.0 Å². The highest BCUT2D eigenvalue weighted by Gasteiger charge is 2.53. The average molecular weight is 564 g/mol. The molecule has 0 radical (unpaired) electrons. The Labute approximate surface area is 234 Å². The molecule has 1 aromatic carbocycles. The molecular formula is C29H30FN5O6. The molecule has 2 amide bonds. The Kier molecular flexibility index (Phi) is 6.71. The number of carbonyl (C=O) groups is 4. The molecule has 41 heavy (non-hydrogen) atoms. The monoisotopic (exact) mass is 563 g/mol. The maximum absolute atomic E-state index is 14.5. The number of hydrogen-bond donors (Lipinski definition) is 2. The number of carbonyl (C=O) groups excluding carboxylic acids is 4. The van der Waals surface area contributed by atoms with Crippen LogP contribution in [0.25, 0.3) is 5.65 Å². The zero-order valence-electron chi connectivity index (χ0n) is 22.6. The summed E-state index contributed by atoms with van der Waals surface area (Å²) < 4.78 is 26.1. The van der Waals surface area contributed by atoms with Gasteiger partial charge in [0, 0.05) is 31.1 Å². The van der Waals surface area contributed by atoms with Gasteiger partial charge in [-0.3, -0.25) is 19.2 Å². The van der Waals surface area contributed by atoms with Gasteiger partial charge in [-0.05, 0) is 61.6 Å². The highest BCUT2D eigenvalue weighted by Crippen LogP contribution is 2.57. The number of aromatic nitrogens is 3. The minimum Gasteiger partial charge on any atom is -0.486 e. The fourth-order valence-corrected chi connectivity index (χ4v) is 6.34. The zero-order chi connectivity index (χ0) is 28.8. The number of fused-ring (bicyclic) bond motifs is 5. The molecular weight excluding hydrogens is 533 g/mol. The lowest BCUT2D eigenvalue weighted by molar-refractivity contribution is -0.162. The second kappa shape index (κ2) is 10.2. The van der Waals surface area contributed by atoms with E-state index in [2.05, 4.69) is 20.7 Å². The van der Waals surface area contributed by atoms with Crippen LogP contribution in [0.5, 0.6) is 5.75 Å². The van der Waals surface area contributed by atoms with E-state index in [1.807, 2.05) is 0 Å². The van der Waals surface area contributed by atoms with E-state index in [0.29, 0.717) is 12.3 Å². The van der Waals surface area contributed by atoms with Crippen molar-refractivity contribution in [1.29, 1.82) is 0 Å². The predicted molar refractivity (Wildman–Crippen MR) is 142 cm³/mol. The molecule has 214 valence electrons. The zero-order valence-corrected chi connectivity index (χ0v) is 22.6. The molecule has 1 aliphatic heterocycles. The summed E-state index contributed by atoms with van der Waals surface area (Å²) in [5.41, 5.74) is 0.577. The molecule has 3 saturated carbocycles. The molecule has 2 bridgehead atoms. The predicted octanol–water partition coefficient (Wildman–Crippen LogP) is 2.55. The number of methoxy groups -OCH3 is 1. The van der Waals surface area contributed by atoms with Crippen LogP contribution >= 0.6 is 0 Å². The number of benzene rings is 1. The summed E-state index contributed by atoms with van der Waals surface area (Å²) in [5.74, 6) is -1.39. The molecule has 0 saturated heterocycles. The lowest BCUT2D eigenvalue weighted by atomic mass is 9.53. The SMILES string of the molecule is COC(=O)C12CCC(CNC(=O)c3cc(C(=O)NCc4ccc5c(c4)CC(=O)CO5)nc4c(F)cnn34)(CC1)CC2. The Balaban J connectivity index is 1.16. The number of ether oxygens (including phenoxy) is 2. The third-order valence-electron chi connectivity index (χ3n) is 8.89. The van der Waals surface area contributed by atoms with Crippen LogP contribution in [0, 0.1) is 16.6 Å². The van der Waals surface area contributed by atoms with Crippen molar-refractivity contribution in [2.75, 3.05) is 20.3 Å². The van der Waals surface area contributed by atoms with Crippen LogP contribution in [0.4, 0.5) is 4.39 Å². The normalized spacial score (nSPS) is 23.0. The van der Waals surface area contributed by atoms with Gasteiger partial charge >= 0.3 is 5.97 Å². The van der Waals surface area contributed by atoms with Gasteiger partial charge in [-0.1, -0.05) is 6.07 Å². The molecule has 4 aliphatic rings. The number of ketones is 1. The maximum atomic E-state index is 14.5. The van der Waals surface area contributed by atoms with Crippen LogP contribution in [0.2, 0.25) is 0 Å². The van der Waals surface area contributed by atoms with E-state index in [0.717, 1.165) is 60.4 Å². The summed E-state index contributed by atoms with van der Waals surface area (Å²) in [7, 11) is 1.42. The van der Waals surface area contributed by atoms with Gasteiger partial charge in [0.1, 0.15) is 23.7 Å². The topological polar surface area (TPSA) is 141 Å². The Morgan fingerprint density at radius 2 is 1.83 bits per heavy atom. The molecule has 3 aliphatic carbocycles. The molecule has 7 rings (SSSR count). The maximum Gasteiger partial charge on any atom is 0.311 e. The van der Waals surface area contributed by atoms with E-state index in [1.54, 1.807) is 18.2 Å². The number of amides is 2. The van der Waals surface area contributed by atoms with Crippen molar-refractivity contribution in [1.82, 2.24) is 25.2 Å². The van der Waals surface area contributed by atoms with E-state index in [-0.39, 0.29) is 53.8 Å². The number of rotatable bonds is 7. The lowest BCUT2D eigenvalue weighted by Crippen LogP contribution is -2.50. The fourth-order valence-electron chi connectivity index (χ4n) is 6.34. The Hall–Kier alpha value is -4.35. The molecule has 2 aromatic heterocycles. The summed E-state index contributed by atoms with van der Waals surface area (Å²) in [6.45, 7) is 0.574. The molecule has 0 atom stereocenters. The number of Topliss-reactive ketones (excluding diaryl/α,β-unsaturated/α-hetero) is 1. The largest absolute Gasteiger partial charge is 0.486 e. The van der Waals surface area contributed by atoms with Crippen molar-refractivity contribution in [3.63, 3.8) is 0 Å². The Morgan fingerprint density at radius 1 is 1.07 bits per heavy atom. The molecule has 2 N–H and O–H groups in total. The van der Waals surface area contributed by atoms with Crippen LogP contribution in [0.15, 0.2) is 30.5 Å². The van der Waals surface area contributed by atoms with E-state index in [1.165, 1.54) is 13.2 Å². The number of halogens is 1. The van der Waals surface area contributed by atoms with Gasteiger partial charge in [0.25, 0.3) is 11.8 Å². The van der Waals surface area contributed by atoms with Crippen LogP contribution in [0.3, 0.4) is 0 Å². The lowest BCUT2D eigenvalue weighted by Gasteiger charge is -2.51. The molecule has 3 fully saturated rings. The van der Waals surface area contributed by atoms with E-state index >= 15 is 0 Å². The minimum atomic E-state index is -0.759. The number of nitrogens with one attached hydrogen (secondary N) is 2. The molecule has 3 aromatic rings. The first-order valence-corrected chi connectivity index (χ1v) is 13.7. The fraction of sp³-hybridized carbons (Fsp3) is 0.448. The molecule has 12 heteroatoms. The smallest absolute Gasteiger partial charge is 0.311 e. The van der Waals surface area contributed by atoms with Crippen LogP contribution in [-0.4, -0.2) is 58.4 Å². The molecule has 0 unspecified atom stereocenters. The molecule has 3 heterocycles. The Bertz CT molecular complexity index is 1560. The van der Waals surface area contributed by atoms with Gasteiger partial charge in [-0.15, -0.1) is 0 Å². The van der Waals surface area contributed by atoms with Gasteiger partial charge in [-0.2, -0.15) is 5.10 Å². The van der Waals surface area contributed by atoms with Crippen LogP contribution in [0.1, 0.15) is 70.6 Å². The van der Waals surface area contributed by atoms with Crippen molar-refractivity contribution >= 4 is 29.2 Å². The van der Waals surface area contributed by atoms with Crippen LogP contribution in [-0.2, 0) is 27.3 Å². The third-order valence-corrected chi connectivity index (χ3v) is 8.89. The highest BCUT2D eigenvalue weighted by atomic mass is 19.1. The van der Waals surface area contributed by atoms with Crippen molar-refractivity contribution in [2.45, 2.75) is 51.5 Å². The summed E-state index contributed by atoms with van der Waals surface area (Å²) in [6.07, 6.45) is 5.75. The molecule has 11 nitrogen and oxygen atoms in total. The van der Waals surface area contributed by atoms with Gasteiger partial charge in [0.15, 0.2) is 17.2 Å². The number of nitrogens with zero attached hydrogens (tertiary/aromatic N) is 3. The Morgan fingerprint density at radius 3 is 2.56 bits per heavy atom. The van der Waals surface area contributed by atoms with E-state index in [4.69, 9.17) is 9.47 Å². The summed E-state index contributed by atoms with van der Waals surface area (Å²) in [4.78, 5) is 54.6. The van der Waals surface area contributed by atoms with Gasteiger partial charge in [0.2, 0.25) is 0 Å². The summed E-state index contributed by atoms with van der Waals surface area (Å²) >= 11 is 0. The third kappa shape index (κ3) is 4.91. The standard InChI is InChI=1S/C29H30FN5O6/c1-40-27(39)29-7-4-28(5-8-29,6-9-29)16-32-26(38)22-12-21(34-24-20(30)14-33-35(22)24)25(37)31-13-17-2-3-23-18(10-17)11-19(36)15-41-23/h2-3,10,12,14H,4-9,11,13,15-16H2,1H3,(H,31,37)(H,32,38). The van der Waals surface area contributed by atoms with Gasteiger partial charge in [0.05, 0.1) is 18.7 Å².